The molecule has 0 saturated carbocycles. The van der Waals surface area contributed by atoms with Crippen molar-refractivity contribution in [2.24, 2.45) is 5.92 Å². The van der Waals surface area contributed by atoms with E-state index in [2.05, 4.69) is 22.6 Å². The van der Waals surface area contributed by atoms with Gasteiger partial charge in [0.1, 0.15) is 6.23 Å². The molecule has 0 aliphatic carbocycles. The highest BCUT2D eigenvalue weighted by Crippen LogP contribution is 2.37. The van der Waals surface area contributed by atoms with E-state index in [1.165, 1.54) is 14.2 Å². The van der Waals surface area contributed by atoms with Crippen LogP contribution in [0.1, 0.15) is 12.8 Å². The number of rotatable bonds is 3. The molecule has 0 fully saturated rings. The van der Waals surface area contributed by atoms with Crippen molar-refractivity contribution in [2.75, 3.05) is 28.3 Å². The standard InChI is InChI=1S/C16H23IN2O5/c1-18-7-10(16(22)24-4)6-12(17)13(18)11-5-9(15(21)23-3)8-19(2)14(11)20/h7-8,11-14,20H,5-6H2,1-4H3/t11?,12-,13+,14+/m0/s1. The summed E-state index contributed by atoms with van der Waals surface area (Å²) in [6, 6.07) is -0.0233. The summed E-state index contributed by atoms with van der Waals surface area (Å²) in [5.74, 6) is -0.900. The van der Waals surface area contributed by atoms with Crippen LogP contribution in [-0.4, -0.2) is 71.4 Å². The number of aliphatic hydroxyl groups excluding tert-OH is 1. The minimum Gasteiger partial charge on any atom is -0.466 e. The smallest absolute Gasteiger partial charge is 0.335 e. The van der Waals surface area contributed by atoms with Gasteiger partial charge in [0.25, 0.3) is 0 Å². The maximum atomic E-state index is 11.9. The van der Waals surface area contributed by atoms with E-state index in [1.54, 1.807) is 24.3 Å². The Morgan fingerprint density at radius 2 is 1.58 bits per heavy atom. The van der Waals surface area contributed by atoms with E-state index in [-0.39, 0.29) is 27.8 Å². The number of methoxy groups -OCH3 is 2. The van der Waals surface area contributed by atoms with Gasteiger partial charge in [-0.25, -0.2) is 9.59 Å². The number of nitrogens with zero attached hydrogens (tertiary/aromatic N) is 2. The number of aliphatic hydroxyl groups is 1. The zero-order chi connectivity index (χ0) is 18.0. The summed E-state index contributed by atoms with van der Waals surface area (Å²) in [5.41, 5.74) is 1.15. The fourth-order valence-corrected chi connectivity index (χ4v) is 4.92. The normalized spacial score (nSPS) is 30.4. The highest BCUT2D eigenvalue weighted by molar-refractivity contribution is 14.1. The Hall–Kier alpha value is -1.29. The van der Waals surface area contributed by atoms with Crippen LogP contribution < -0.4 is 0 Å². The van der Waals surface area contributed by atoms with E-state index >= 15 is 0 Å². The van der Waals surface area contributed by atoms with Crippen molar-refractivity contribution < 1.29 is 24.2 Å². The highest BCUT2D eigenvalue weighted by atomic mass is 127. The molecule has 2 rings (SSSR count). The molecule has 2 aliphatic heterocycles. The van der Waals surface area contributed by atoms with Gasteiger partial charge in [0, 0.05) is 42.4 Å². The Labute approximate surface area is 155 Å². The first-order valence-electron chi connectivity index (χ1n) is 7.64. The predicted molar refractivity (Wildman–Crippen MR) is 96.1 cm³/mol. The summed E-state index contributed by atoms with van der Waals surface area (Å²) >= 11 is 2.30. The summed E-state index contributed by atoms with van der Waals surface area (Å²) in [4.78, 5) is 27.3. The molecule has 2 aliphatic rings. The molecule has 1 N–H and O–H groups in total. The van der Waals surface area contributed by atoms with Crippen molar-refractivity contribution in [2.45, 2.75) is 29.0 Å². The Balaban J connectivity index is 2.27. The van der Waals surface area contributed by atoms with Gasteiger partial charge in [-0.15, -0.1) is 0 Å². The summed E-state index contributed by atoms with van der Waals surface area (Å²) < 4.78 is 9.72. The quantitative estimate of drug-likeness (QED) is 0.389. The molecule has 134 valence electrons. The third kappa shape index (κ3) is 3.69. The van der Waals surface area contributed by atoms with Crippen LogP contribution in [0.4, 0.5) is 0 Å². The largest absolute Gasteiger partial charge is 0.466 e. The number of halogens is 1. The zero-order valence-corrected chi connectivity index (χ0v) is 16.4. The van der Waals surface area contributed by atoms with Gasteiger partial charge in [0.2, 0.25) is 0 Å². The lowest BCUT2D eigenvalue weighted by Crippen LogP contribution is -2.53. The molecular weight excluding hydrogens is 427 g/mol. The first kappa shape index (κ1) is 19.0. The van der Waals surface area contributed by atoms with E-state index in [9.17, 15) is 14.7 Å². The van der Waals surface area contributed by atoms with Crippen molar-refractivity contribution in [3.05, 3.63) is 23.5 Å². The molecule has 0 bridgehead atoms. The molecule has 0 aromatic carbocycles. The van der Waals surface area contributed by atoms with Crippen molar-refractivity contribution in [3.63, 3.8) is 0 Å². The molecule has 7 nitrogen and oxygen atoms in total. The number of hydrogen-bond donors (Lipinski definition) is 1. The van der Waals surface area contributed by atoms with Crippen LogP contribution in [0.3, 0.4) is 0 Å². The summed E-state index contributed by atoms with van der Waals surface area (Å²) in [6.07, 6.45) is 3.68. The van der Waals surface area contributed by atoms with E-state index in [1.807, 2.05) is 11.9 Å². The number of carbonyl (C=O) groups excluding carboxylic acids is 2. The summed E-state index contributed by atoms with van der Waals surface area (Å²) in [5, 5.41) is 10.6. The molecule has 8 heteroatoms. The van der Waals surface area contributed by atoms with Gasteiger partial charge in [0.05, 0.1) is 25.4 Å². The fraction of sp³-hybridized carbons (Fsp3) is 0.625. The van der Waals surface area contributed by atoms with E-state index in [4.69, 9.17) is 9.47 Å². The van der Waals surface area contributed by atoms with Crippen LogP contribution in [0.15, 0.2) is 23.5 Å². The van der Waals surface area contributed by atoms with Gasteiger partial charge >= 0.3 is 11.9 Å². The highest BCUT2D eigenvalue weighted by Gasteiger charge is 2.42. The number of ether oxygens (including phenoxy) is 2. The van der Waals surface area contributed by atoms with Crippen LogP contribution in [0, 0.1) is 5.92 Å². The van der Waals surface area contributed by atoms with Crippen molar-refractivity contribution in [3.8, 4) is 0 Å². The first-order valence-corrected chi connectivity index (χ1v) is 8.88. The molecule has 24 heavy (non-hydrogen) atoms. The molecule has 1 unspecified atom stereocenters. The van der Waals surface area contributed by atoms with Gasteiger partial charge in [-0.1, -0.05) is 22.6 Å². The van der Waals surface area contributed by atoms with Crippen molar-refractivity contribution >= 4 is 34.5 Å². The molecule has 0 saturated heterocycles. The number of carbonyl (C=O) groups is 2. The zero-order valence-electron chi connectivity index (χ0n) is 14.2. The Morgan fingerprint density at radius 1 is 1.08 bits per heavy atom. The van der Waals surface area contributed by atoms with Crippen molar-refractivity contribution in [1.82, 2.24) is 9.80 Å². The molecule has 4 atom stereocenters. The number of hydrogen-bond acceptors (Lipinski definition) is 7. The number of esters is 2. The lowest BCUT2D eigenvalue weighted by Gasteiger charge is -2.46. The maximum absolute atomic E-state index is 11.9. The van der Waals surface area contributed by atoms with E-state index in [0.717, 1.165) is 0 Å². The van der Waals surface area contributed by atoms with E-state index < -0.39 is 6.23 Å². The van der Waals surface area contributed by atoms with Crippen LogP contribution in [0.25, 0.3) is 0 Å². The lowest BCUT2D eigenvalue weighted by atomic mass is 9.82. The fourth-order valence-electron chi connectivity index (χ4n) is 3.41. The third-order valence-electron chi connectivity index (χ3n) is 4.56. The third-order valence-corrected chi connectivity index (χ3v) is 5.74. The second kappa shape index (κ2) is 7.73. The topological polar surface area (TPSA) is 79.3 Å². The molecule has 2 heterocycles. The first-order chi connectivity index (χ1) is 11.3. The van der Waals surface area contributed by atoms with Gasteiger partial charge in [-0.2, -0.15) is 0 Å². The summed E-state index contributed by atoms with van der Waals surface area (Å²) in [7, 11) is 6.33. The average molecular weight is 450 g/mol. The van der Waals surface area contributed by atoms with Gasteiger partial charge < -0.3 is 24.4 Å². The average Bonchev–Trinajstić information content (AvgIpc) is 2.56. The molecule has 0 amide bonds. The minimum atomic E-state index is -0.712. The lowest BCUT2D eigenvalue weighted by molar-refractivity contribution is -0.137. The van der Waals surface area contributed by atoms with Crippen LogP contribution in [0.5, 0.6) is 0 Å². The second-order valence-electron chi connectivity index (χ2n) is 6.12. The maximum Gasteiger partial charge on any atom is 0.335 e. The Morgan fingerprint density at radius 3 is 2.08 bits per heavy atom. The van der Waals surface area contributed by atoms with E-state index in [0.29, 0.717) is 24.0 Å². The van der Waals surface area contributed by atoms with Gasteiger partial charge in [-0.05, 0) is 12.8 Å². The minimum absolute atomic E-state index is 0.0233. The van der Waals surface area contributed by atoms with Crippen LogP contribution in [-0.2, 0) is 19.1 Å². The Kier molecular flexibility index (Phi) is 6.13. The van der Waals surface area contributed by atoms with Crippen LogP contribution in [0.2, 0.25) is 0 Å². The number of alkyl halides is 1. The predicted octanol–water partition coefficient (Wildman–Crippen LogP) is 0.878. The monoisotopic (exact) mass is 450 g/mol. The van der Waals surface area contributed by atoms with Gasteiger partial charge in [0.15, 0.2) is 0 Å². The van der Waals surface area contributed by atoms with Crippen molar-refractivity contribution in [1.29, 1.82) is 0 Å². The second-order valence-corrected chi connectivity index (χ2v) is 7.72. The molecule has 0 aromatic heterocycles. The molecule has 0 radical (unpaired) electrons. The molecule has 0 spiro atoms. The van der Waals surface area contributed by atoms with Crippen LogP contribution >= 0.6 is 22.6 Å². The molecular formula is C16H23IN2O5. The molecule has 0 aromatic rings. The van der Waals surface area contributed by atoms with Gasteiger partial charge in [-0.3, -0.25) is 0 Å². The Bertz CT molecular complexity index is 577. The SMILES string of the molecule is COC(=O)C1=CN(C)[C@H](O)C([C@@H]2[C@@H](I)CC(C(=O)OC)=CN2C)C1. The summed E-state index contributed by atoms with van der Waals surface area (Å²) in [6.45, 7) is 0.